The number of rotatable bonds is 30. The first kappa shape index (κ1) is 107. The number of isothiocyanates is 2. The zero-order chi connectivity index (χ0) is 93.9. The number of benzene rings is 8. The number of phenolic OH excluding ortho intramolecular Hbond substituents is 6. The van der Waals surface area contributed by atoms with Crippen LogP contribution in [0.2, 0.25) is 0 Å². The number of amides is 2. The Morgan fingerprint density at radius 3 is 1.20 bits per heavy atom. The number of aliphatic imine (C=N–C) groups is 2. The van der Waals surface area contributed by atoms with E-state index in [0.717, 1.165) is 168 Å². The minimum Gasteiger partial charge on any atom is -0.508 e. The molecule has 0 fully saturated rings. The van der Waals surface area contributed by atoms with E-state index in [-0.39, 0.29) is 75.1 Å². The lowest BCUT2D eigenvalue weighted by molar-refractivity contribution is 0.0936. The predicted octanol–water partition coefficient (Wildman–Crippen LogP) is 18.2. The number of aliphatic hydroxyl groups is 1. The van der Waals surface area contributed by atoms with Gasteiger partial charge in [0.05, 0.1) is 108 Å². The van der Waals surface area contributed by atoms with Gasteiger partial charge in [0.2, 0.25) is 0 Å². The molecule has 0 atom stereocenters. The standard InChI is InChI=1S/C22H30N4O4S.C22H28N4O3S.2C12H16N2OS.C11H18N2O.C10H14N2O3.C2H6O/c1-6-9-26(4)17-10-14(7-8-20(17)30-5)23-22(31)25-24-21(29)16-11-15(13(2)3)18(27)12-19(16)28;1-6-9-25(4)17-10-14(7-8-20(17)29-5)26-21(23-24-22(26)30)16-11-15(13(2)3)18(27)12-19(16)28;2*1-4-7-14(2)11-8-10(13-9-16)5-6-12(11)15-3;1-4-7-13(2)10-8-9(12)5-6-11(10)14-3;1-5(2)6-3-7(10(15)12-11)9(14)4-8(6)13;1-2-3/h7-8,10-13,27-28H,6,9H2,1-5H3,(H,24,29)(H2,23,25,31);7-8,10-13,27-28H,6,9H2,1-5H3,(H,24,30);2*5-6,8H,4,7H2,1-3H3;5-6,8H,4,7,12H2,1-3H3;3-5,13-14H,11H2,1-2H3,(H,12,15);3H,2H2,1H3. The number of hydrogen-bond acceptors (Lipinski definition) is 28. The van der Waals surface area contributed by atoms with Crippen LogP contribution in [0.15, 0.2) is 137 Å². The van der Waals surface area contributed by atoms with Gasteiger partial charge in [0, 0.05) is 104 Å². The maximum Gasteiger partial charge on any atom is 0.273 e. The van der Waals surface area contributed by atoms with Crippen molar-refractivity contribution in [3.63, 3.8) is 0 Å². The molecule has 9 aromatic rings. The van der Waals surface area contributed by atoms with Crippen LogP contribution in [-0.4, -0.2) is 188 Å². The van der Waals surface area contributed by atoms with Crippen molar-refractivity contribution in [2.75, 3.05) is 146 Å². The number of carbonyl (C=O) groups excluding carboxylic acids is 2. The zero-order valence-corrected chi connectivity index (χ0v) is 79.2. The largest absolute Gasteiger partial charge is 0.508 e. The Labute approximate surface area is 757 Å². The van der Waals surface area contributed by atoms with E-state index in [1.54, 1.807) is 53.1 Å². The topological polar surface area (TPSA) is 397 Å². The van der Waals surface area contributed by atoms with E-state index in [1.807, 2.05) is 173 Å². The van der Waals surface area contributed by atoms with Crippen LogP contribution in [0.5, 0.6) is 63.2 Å². The number of methoxy groups -OCH3 is 5. The average Bonchev–Trinajstić information content (AvgIpc) is 1.67. The molecule has 0 unspecified atom stereocenters. The molecule has 0 bridgehead atoms. The highest BCUT2D eigenvalue weighted by Gasteiger charge is 2.23. The fraction of sp³-hybridized carbons (Fsp3) is 0.396. The van der Waals surface area contributed by atoms with Crippen LogP contribution in [0.4, 0.5) is 51.2 Å². The monoisotopic (exact) mass is 1800 g/mol. The van der Waals surface area contributed by atoms with E-state index in [4.69, 9.17) is 64.8 Å². The summed E-state index contributed by atoms with van der Waals surface area (Å²) in [5.74, 6) is 7.74. The van der Waals surface area contributed by atoms with E-state index >= 15 is 0 Å². The fourth-order valence-electron chi connectivity index (χ4n) is 12.5. The van der Waals surface area contributed by atoms with Gasteiger partial charge in [-0.2, -0.15) is 15.1 Å². The van der Waals surface area contributed by atoms with Gasteiger partial charge in [0.25, 0.3) is 11.8 Å². The molecule has 0 aliphatic heterocycles. The minimum absolute atomic E-state index is 0.0158. The van der Waals surface area contributed by atoms with Crippen LogP contribution in [0, 0.1) is 4.77 Å². The lowest BCUT2D eigenvalue weighted by atomic mass is 9.98. The lowest BCUT2D eigenvalue weighted by Crippen LogP contribution is -2.43. The first-order valence-electron chi connectivity index (χ1n) is 40.7. The summed E-state index contributed by atoms with van der Waals surface area (Å²) >= 11 is 19.9. The molecule has 0 saturated carbocycles. The Hall–Kier alpha value is -12.1. The Bertz CT molecular complexity index is 5020. The van der Waals surface area contributed by atoms with Crippen molar-refractivity contribution in [3.8, 4) is 80.3 Å². The number of aromatic hydroxyl groups is 6. The summed E-state index contributed by atoms with van der Waals surface area (Å²) in [6.07, 6.45) is 5.26. The van der Waals surface area contributed by atoms with Crippen LogP contribution in [0.25, 0.3) is 17.1 Å². The second-order valence-electron chi connectivity index (χ2n) is 29.2. The van der Waals surface area contributed by atoms with Crippen LogP contribution >= 0.6 is 48.9 Å². The number of ether oxygens (including phenoxy) is 5. The summed E-state index contributed by atoms with van der Waals surface area (Å²) in [7, 11) is 18.4. The molecule has 680 valence electrons. The van der Waals surface area contributed by atoms with E-state index in [0.29, 0.717) is 27.3 Å². The molecule has 1 heterocycles. The number of hydrazine groups is 2. The van der Waals surface area contributed by atoms with Crippen LogP contribution < -0.4 is 81.4 Å². The summed E-state index contributed by atoms with van der Waals surface area (Å²) in [6, 6.07) is 36.7. The number of nitrogens with zero attached hydrogens (tertiary/aromatic N) is 9. The number of H-pyrrole nitrogens is 1. The molecule has 0 radical (unpaired) electrons. The number of anilines is 7. The fourth-order valence-corrected chi connectivity index (χ4v) is 13.1. The molecule has 16 N–H and O–H groups in total. The lowest BCUT2D eigenvalue weighted by Gasteiger charge is -2.22. The van der Waals surface area contributed by atoms with Gasteiger partial charge < -0.3 is 95.0 Å². The number of nitrogens with two attached hydrogens (primary N) is 2. The van der Waals surface area contributed by atoms with Crippen LogP contribution in [0.1, 0.15) is 170 Å². The zero-order valence-electron chi connectivity index (χ0n) is 75.9. The SMILES string of the molecule is CC(C)c1cc(C(=O)NN)c(O)cc1O.CCCN(C)c1cc(-n2c(-c3cc(C(C)C)c(O)cc3O)n[nH]c2=S)ccc1OC.CCCN(C)c1cc(N)ccc1OC.CCCN(C)c1cc(N=C=S)ccc1OC.CCCN(C)c1cc(N=C=S)ccc1OC.CCCN(C)c1cc(NC(=S)NNC(=O)c2cc(C(C)C)c(O)cc2O)ccc1OC.CCO. The minimum atomic E-state index is -0.589. The second kappa shape index (κ2) is 55.2. The summed E-state index contributed by atoms with van der Waals surface area (Å²) in [5.41, 5.74) is 24.0. The average molecular weight is 1800 g/mol. The van der Waals surface area contributed by atoms with Gasteiger partial charge >= 0.3 is 0 Å². The first-order valence-corrected chi connectivity index (χ1v) is 42.3. The Morgan fingerprint density at radius 2 is 0.824 bits per heavy atom. The summed E-state index contributed by atoms with van der Waals surface area (Å²) in [4.78, 5) is 42.3. The van der Waals surface area contributed by atoms with Crippen molar-refractivity contribution in [2.45, 2.75) is 133 Å². The number of hydrogen-bond donors (Lipinski definition) is 14. The summed E-state index contributed by atoms with van der Waals surface area (Å²) < 4.78 is 29.0. The molecule has 1 aromatic heterocycles. The molecular weight excluding hydrogens is 1670 g/mol. The van der Waals surface area contributed by atoms with Crippen molar-refractivity contribution < 1.29 is 69.0 Å². The van der Waals surface area contributed by atoms with E-state index in [2.05, 4.69) is 130 Å². The molecule has 9 rings (SSSR count). The van der Waals surface area contributed by atoms with Gasteiger partial charge in [0.1, 0.15) is 63.2 Å². The number of aliphatic hydroxyl groups excluding tert-OH is 1. The number of phenols is 6. The molecule has 0 spiro atoms. The third-order valence-corrected chi connectivity index (χ3v) is 19.4. The van der Waals surface area contributed by atoms with Gasteiger partial charge in [-0.05, 0) is 232 Å². The van der Waals surface area contributed by atoms with Crippen molar-refractivity contribution in [2.24, 2.45) is 15.8 Å². The van der Waals surface area contributed by atoms with Crippen molar-refractivity contribution in [1.82, 2.24) is 31.0 Å². The van der Waals surface area contributed by atoms with Gasteiger partial charge in [-0.25, -0.2) is 5.84 Å². The number of nitrogen functional groups attached to an aromatic ring is 2. The predicted molar refractivity (Wildman–Crippen MR) is 521 cm³/mol. The molecule has 34 heteroatoms. The highest BCUT2D eigenvalue weighted by molar-refractivity contribution is 7.80. The van der Waals surface area contributed by atoms with Gasteiger partial charge in [-0.15, -0.1) is 0 Å². The maximum atomic E-state index is 12.5. The third-order valence-electron chi connectivity index (χ3n) is 18.7. The van der Waals surface area contributed by atoms with Gasteiger partial charge in [0.15, 0.2) is 15.7 Å². The number of thiocarbonyl (C=S) groups is 3. The molecular formula is C91H128N16O14S4. The quantitative estimate of drug-likeness (QED) is 0.00496. The highest BCUT2D eigenvalue weighted by Crippen LogP contribution is 2.41. The number of aromatic amines is 1. The van der Waals surface area contributed by atoms with Crippen LogP contribution in [0.3, 0.4) is 0 Å². The number of nitrogens with one attached hydrogen (secondary N) is 5. The number of carbonyl (C=O) groups is 2. The van der Waals surface area contributed by atoms with E-state index < -0.39 is 11.8 Å². The molecule has 2 amide bonds. The highest BCUT2D eigenvalue weighted by atomic mass is 32.1. The van der Waals surface area contributed by atoms with Crippen molar-refractivity contribution >= 4 is 127 Å². The van der Waals surface area contributed by atoms with Crippen molar-refractivity contribution in [1.29, 1.82) is 0 Å². The Morgan fingerprint density at radius 1 is 0.480 bits per heavy atom. The Kier molecular flexibility index (Phi) is 47.3. The maximum absolute atomic E-state index is 12.5. The van der Waals surface area contributed by atoms with Crippen LogP contribution in [-0.2, 0) is 0 Å². The molecule has 0 aliphatic carbocycles. The van der Waals surface area contributed by atoms with Gasteiger partial charge in [-0.1, -0.05) is 76.2 Å². The third kappa shape index (κ3) is 32.5. The molecule has 125 heavy (non-hydrogen) atoms. The molecule has 0 aliphatic rings. The smallest absolute Gasteiger partial charge is 0.273 e. The summed E-state index contributed by atoms with van der Waals surface area (Å²) in [6.45, 7) is 28.7. The number of aromatic nitrogens is 3. The Balaban J connectivity index is 0.000000397. The van der Waals surface area contributed by atoms with Gasteiger partial charge in [-0.3, -0.25) is 35.5 Å². The molecule has 30 nitrogen and oxygen atoms in total. The van der Waals surface area contributed by atoms with E-state index in [9.17, 15) is 40.2 Å². The second-order valence-corrected chi connectivity index (χ2v) is 30.3. The summed E-state index contributed by atoms with van der Waals surface area (Å²) in [5, 5.41) is 82.3. The van der Waals surface area contributed by atoms with Crippen molar-refractivity contribution in [3.05, 3.63) is 160 Å². The molecule has 0 saturated heterocycles. The van der Waals surface area contributed by atoms with E-state index in [1.165, 1.54) is 18.2 Å². The molecule has 8 aromatic carbocycles. The normalized spacial score (nSPS) is 10.2. The first-order chi connectivity index (χ1) is 59.5.